The van der Waals surface area contributed by atoms with Gasteiger partial charge in [-0.3, -0.25) is 0 Å². The molecule has 1 aromatic carbocycles. The van der Waals surface area contributed by atoms with E-state index in [1.165, 1.54) is 12.1 Å². The second kappa shape index (κ2) is 6.57. The minimum Gasteiger partial charge on any atom is -0.413 e. The Hall–Kier alpha value is -0.813. The number of halogens is 3. The minimum atomic E-state index is -4.27. The molecule has 0 aromatic heterocycles. The molecule has 0 saturated carbocycles. The van der Waals surface area contributed by atoms with Crippen LogP contribution < -0.4 is 0 Å². The Morgan fingerprint density at radius 2 is 1.42 bits per heavy atom. The van der Waals surface area contributed by atoms with Crippen LogP contribution in [0.25, 0.3) is 0 Å². The second-order valence-electron chi connectivity index (χ2n) is 4.73. The average molecular weight is 290 g/mol. The van der Waals surface area contributed by atoms with Gasteiger partial charge in [0.1, 0.15) is 0 Å². The van der Waals surface area contributed by atoms with Crippen LogP contribution in [-0.4, -0.2) is 8.32 Å². The van der Waals surface area contributed by atoms with Gasteiger partial charge in [-0.15, -0.1) is 0 Å². The fourth-order valence-electron chi connectivity index (χ4n) is 2.08. The van der Waals surface area contributed by atoms with E-state index in [1.54, 1.807) is 0 Å². The minimum absolute atomic E-state index is 0.417. The maximum absolute atomic E-state index is 12.4. The first-order valence-electron chi connectivity index (χ1n) is 6.67. The predicted molar refractivity (Wildman–Crippen MR) is 73.4 cm³/mol. The normalized spacial score (nSPS) is 12.7. The van der Waals surface area contributed by atoms with Crippen molar-refractivity contribution in [3.63, 3.8) is 0 Å². The zero-order valence-corrected chi connectivity index (χ0v) is 12.7. The van der Waals surface area contributed by atoms with Crippen LogP contribution in [0.3, 0.4) is 0 Å². The van der Waals surface area contributed by atoms with Crippen LogP contribution in [0.2, 0.25) is 18.1 Å². The molecular formula is C14H21F3OSi. The summed E-state index contributed by atoms with van der Waals surface area (Å²) in [6.45, 7) is 6.81. The highest BCUT2D eigenvalue weighted by molar-refractivity contribution is 6.73. The molecule has 1 nitrogen and oxygen atoms in total. The molecule has 0 atom stereocenters. The zero-order valence-electron chi connectivity index (χ0n) is 11.7. The van der Waals surface area contributed by atoms with Crippen molar-refractivity contribution in [2.75, 3.05) is 0 Å². The van der Waals surface area contributed by atoms with Crippen molar-refractivity contribution in [2.24, 2.45) is 0 Å². The standard InChI is InChI=1S/C14H21F3OSi/c1-4-19(5-2,6-3)18-11-12-7-9-13(10-8-12)14(15,16)17/h7-10H,4-6,11H2,1-3H3. The third-order valence-corrected chi connectivity index (χ3v) is 8.38. The summed E-state index contributed by atoms with van der Waals surface area (Å²) in [5.74, 6) is 0. The maximum Gasteiger partial charge on any atom is 0.416 e. The first-order chi connectivity index (χ1) is 8.87. The van der Waals surface area contributed by atoms with E-state index in [2.05, 4.69) is 20.8 Å². The monoisotopic (exact) mass is 290 g/mol. The number of rotatable bonds is 6. The quantitative estimate of drug-likeness (QED) is 0.652. The molecular weight excluding hydrogens is 269 g/mol. The Balaban J connectivity index is 2.69. The summed E-state index contributed by atoms with van der Waals surface area (Å²) >= 11 is 0. The molecule has 1 rings (SSSR count). The van der Waals surface area contributed by atoms with Crippen molar-refractivity contribution in [2.45, 2.75) is 51.7 Å². The largest absolute Gasteiger partial charge is 0.416 e. The summed E-state index contributed by atoms with van der Waals surface area (Å²) in [6.07, 6.45) is -4.27. The summed E-state index contributed by atoms with van der Waals surface area (Å²) in [5, 5.41) is 0. The third kappa shape index (κ3) is 4.35. The number of hydrogen-bond acceptors (Lipinski definition) is 1. The highest BCUT2D eigenvalue weighted by Gasteiger charge is 2.30. The van der Waals surface area contributed by atoms with Gasteiger partial charge in [0.25, 0.3) is 0 Å². The van der Waals surface area contributed by atoms with E-state index < -0.39 is 20.1 Å². The van der Waals surface area contributed by atoms with Crippen LogP contribution in [0.5, 0.6) is 0 Å². The highest BCUT2D eigenvalue weighted by atomic mass is 28.4. The third-order valence-electron chi connectivity index (χ3n) is 3.76. The fraction of sp³-hybridized carbons (Fsp3) is 0.571. The molecule has 0 aliphatic heterocycles. The van der Waals surface area contributed by atoms with E-state index in [-0.39, 0.29) is 0 Å². The first kappa shape index (κ1) is 16.2. The van der Waals surface area contributed by atoms with Crippen LogP contribution in [0.4, 0.5) is 13.2 Å². The van der Waals surface area contributed by atoms with Gasteiger partial charge in [0, 0.05) is 0 Å². The maximum atomic E-state index is 12.4. The Labute approximate surface area is 113 Å². The van der Waals surface area contributed by atoms with Crippen molar-refractivity contribution in [3.05, 3.63) is 35.4 Å². The molecule has 0 aliphatic rings. The predicted octanol–water partition coefficient (Wildman–Crippen LogP) is 5.23. The number of benzene rings is 1. The van der Waals surface area contributed by atoms with Gasteiger partial charge in [-0.1, -0.05) is 32.9 Å². The molecule has 0 saturated heterocycles. The summed E-state index contributed by atoms with van der Waals surface area (Å²) < 4.78 is 43.3. The van der Waals surface area contributed by atoms with Crippen molar-refractivity contribution < 1.29 is 17.6 Å². The van der Waals surface area contributed by atoms with Gasteiger partial charge in [-0.2, -0.15) is 13.2 Å². The Morgan fingerprint density at radius 3 is 1.79 bits per heavy atom. The average Bonchev–Trinajstić information content (AvgIpc) is 2.40. The summed E-state index contributed by atoms with van der Waals surface area (Å²) in [7, 11) is -1.67. The molecule has 0 fully saturated rings. The van der Waals surface area contributed by atoms with E-state index in [4.69, 9.17) is 4.43 Å². The molecule has 0 spiro atoms. The van der Waals surface area contributed by atoms with Crippen molar-refractivity contribution in [3.8, 4) is 0 Å². The lowest BCUT2D eigenvalue weighted by molar-refractivity contribution is -0.137. The fourth-order valence-corrected chi connectivity index (χ4v) is 4.67. The van der Waals surface area contributed by atoms with Crippen LogP contribution in [0, 0.1) is 0 Å². The Bertz CT molecular complexity index is 374. The lowest BCUT2D eigenvalue weighted by Crippen LogP contribution is -2.35. The van der Waals surface area contributed by atoms with Crippen LogP contribution in [0.15, 0.2) is 24.3 Å². The molecule has 0 N–H and O–H groups in total. The van der Waals surface area contributed by atoms with Gasteiger partial charge in [0.2, 0.25) is 0 Å². The van der Waals surface area contributed by atoms with Crippen molar-refractivity contribution in [1.82, 2.24) is 0 Å². The first-order valence-corrected chi connectivity index (χ1v) is 9.20. The molecule has 0 heterocycles. The molecule has 0 aliphatic carbocycles. The van der Waals surface area contributed by atoms with E-state index in [0.717, 1.165) is 35.8 Å². The van der Waals surface area contributed by atoms with Crippen LogP contribution in [-0.2, 0) is 17.2 Å². The molecule has 108 valence electrons. The van der Waals surface area contributed by atoms with Gasteiger partial charge >= 0.3 is 6.18 Å². The molecule has 1 aromatic rings. The Kier molecular flexibility index (Phi) is 5.61. The molecule has 19 heavy (non-hydrogen) atoms. The Morgan fingerprint density at radius 1 is 0.947 bits per heavy atom. The van der Waals surface area contributed by atoms with Crippen LogP contribution >= 0.6 is 0 Å². The molecule has 0 amide bonds. The van der Waals surface area contributed by atoms with E-state index in [1.807, 2.05) is 0 Å². The molecule has 0 radical (unpaired) electrons. The topological polar surface area (TPSA) is 9.23 Å². The summed E-state index contributed by atoms with van der Waals surface area (Å²) in [5.41, 5.74) is 0.196. The van der Waals surface area contributed by atoms with Crippen LogP contribution in [0.1, 0.15) is 31.9 Å². The number of hydrogen-bond donors (Lipinski definition) is 0. The lowest BCUT2D eigenvalue weighted by Gasteiger charge is -2.28. The highest BCUT2D eigenvalue weighted by Crippen LogP contribution is 2.29. The molecule has 5 heteroatoms. The smallest absolute Gasteiger partial charge is 0.413 e. The lowest BCUT2D eigenvalue weighted by atomic mass is 10.1. The molecule has 0 unspecified atom stereocenters. The van der Waals surface area contributed by atoms with Gasteiger partial charge in [0.15, 0.2) is 8.32 Å². The van der Waals surface area contributed by atoms with Gasteiger partial charge in [-0.25, -0.2) is 0 Å². The van der Waals surface area contributed by atoms with E-state index in [0.29, 0.717) is 6.61 Å². The SMILES string of the molecule is CC[Si](CC)(CC)OCc1ccc(C(F)(F)F)cc1. The summed E-state index contributed by atoms with van der Waals surface area (Å²) in [6, 6.07) is 8.37. The van der Waals surface area contributed by atoms with Gasteiger partial charge in [-0.05, 0) is 35.8 Å². The molecule has 0 bridgehead atoms. The van der Waals surface area contributed by atoms with Crippen molar-refractivity contribution in [1.29, 1.82) is 0 Å². The second-order valence-corrected chi connectivity index (χ2v) is 9.50. The van der Waals surface area contributed by atoms with Crippen molar-refractivity contribution >= 4 is 8.32 Å². The van der Waals surface area contributed by atoms with E-state index in [9.17, 15) is 13.2 Å². The van der Waals surface area contributed by atoms with E-state index >= 15 is 0 Å². The van der Waals surface area contributed by atoms with Gasteiger partial charge in [0.05, 0.1) is 12.2 Å². The van der Waals surface area contributed by atoms with Gasteiger partial charge < -0.3 is 4.43 Å². The summed E-state index contributed by atoms with van der Waals surface area (Å²) in [4.78, 5) is 0. The number of alkyl halides is 3. The zero-order chi connectivity index (χ0) is 14.5.